The van der Waals surface area contributed by atoms with E-state index in [0.717, 1.165) is 6.07 Å². The maximum Gasteiger partial charge on any atom is 0.417 e. The number of ether oxygens (including phenoxy) is 3. The molecule has 0 aliphatic heterocycles. The van der Waals surface area contributed by atoms with E-state index < -0.39 is 24.3 Å². The van der Waals surface area contributed by atoms with Crippen molar-refractivity contribution in [2.24, 2.45) is 7.05 Å². The Labute approximate surface area is 169 Å². The Hall–Kier alpha value is -3.50. The molecule has 0 unspecified atom stereocenters. The van der Waals surface area contributed by atoms with Crippen molar-refractivity contribution in [2.45, 2.75) is 13.1 Å². The van der Waals surface area contributed by atoms with Crippen LogP contribution >= 0.6 is 0 Å². The van der Waals surface area contributed by atoms with Gasteiger partial charge in [0.2, 0.25) is 5.88 Å². The number of carbonyl (C=O) groups is 1. The van der Waals surface area contributed by atoms with Crippen molar-refractivity contribution in [1.29, 1.82) is 0 Å². The average molecular weight is 424 g/mol. The number of hydrogen-bond acceptors (Lipinski definition) is 6. The lowest BCUT2D eigenvalue weighted by Gasteiger charge is -2.13. The normalized spacial score (nSPS) is 11.4. The molecule has 1 N–H and O–H groups in total. The fraction of sp³-hybridized carbons (Fsp3) is 0.316. The zero-order valence-electron chi connectivity index (χ0n) is 16.6. The Morgan fingerprint density at radius 2 is 1.93 bits per heavy atom. The molecule has 0 fully saturated rings. The van der Waals surface area contributed by atoms with Gasteiger partial charge in [-0.15, -0.1) is 0 Å². The largest absolute Gasteiger partial charge is 0.497 e. The predicted molar refractivity (Wildman–Crippen MR) is 102 cm³/mol. The first-order chi connectivity index (χ1) is 14.1. The Kier molecular flexibility index (Phi) is 5.72. The minimum Gasteiger partial charge on any atom is -0.497 e. The molecule has 0 saturated carbocycles. The number of pyridine rings is 1. The molecule has 0 radical (unpaired) electrons. The molecule has 0 bridgehead atoms. The van der Waals surface area contributed by atoms with Gasteiger partial charge in [-0.05, 0) is 19.1 Å². The maximum absolute atomic E-state index is 13.5. The van der Waals surface area contributed by atoms with Gasteiger partial charge in [0, 0.05) is 19.2 Å². The minimum absolute atomic E-state index is 0.00666. The summed E-state index contributed by atoms with van der Waals surface area (Å²) in [5.74, 6) is -0.0854. The number of anilines is 1. The van der Waals surface area contributed by atoms with E-state index in [2.05, 4.69) is 15.4 Å². The number of benzene rings is 1. The number of aromatic nitrogens is 3. The van der Waals surface area contributed by atoms with Crippen molar-refractivity contribution >= 4 is 22.6 Å². The lowest BCUT2D eigenvalue weighted by molar-refractivity contribution is -0.136. The Morgan fingerprint density at radius 1 is 1.20 bits per heavy atom. The van der Waals surface area contributed by atoms with Crippen LogP contribution in [0.15, 0.2) is 24.3 Å². The third kappa shape index (κ3) is 4.24. The molecular weight excluding hydrogens is 405 g/mol. The summed E-state index contributed by atoms with van der Waals surface area (Å²) in [7, 11) is 4.38. The van der Waals surface area contributed by atoms with Gasteiger partial charge in [-0.25, -0.2) is 0 Å². The molecule has 0 aliphatic rings. The molecule has 2 aromatic heterocycles. The predicted octanol–water partition coefficient (Wildman–Crippen LogP) is 3.33. The van der Waals surface area contributed by atoms with Crippen molar-refractivity contribution in [3.8, 4) is 17.4 Å². The van der Waals surface area contributed by atoms with Crippen LogP contribution in [0.1, 0.15) is 11.3 Å². The van der Waals surface area contributed by atoms with E-state index in [0.29, 0.717) is 17.2 Å². The zero-order valence-corrected chi connectivity index (χ0v) is 16.6. The van der Waals surface area contributed by atoms with E-state index in [-0.39, 0.29) is 22.6 Å². The van der Waals surface area contributed by atoms with Gasteiger partial charge in [0.05, 0.1) is 36.6 Å². The summed E-state index contributed by atoms with van der Waals surface area (Å²) in [6.07, 6.45) is -4.64. The van der Waals surface area contributed by atoms with Crippen molar-refractivity contribution in [3.63, 3.8) is 0 Å². The third-order valence-corrected chi connectivity index (χ3v) is 4.28. The number of halogens is 3. The van der Waals surface area contributed by atoms with Crippen LogP contribution < -0.4 is 19.5 Å². The van der Waals surface area contributed by atoms with Crippen LogP contribution in [0, 0.1) is 6.92 Å². The number of alkyl halides is 3. The highest BCUT2D eigenvalue weighted by Gasteiger charge is 2.35. The molecule has 1 amide bonds. The lowest BCUT2D eigenvalue weighted by atomic mass is 10.1. The second-order valence-corrected chi connectivity index (χ2v) is 6.32. The number of hydrogen-bond donors (Lipinski definition) is 1. The second-order valence-electron chi connectivity index (χ2n) is 6.32. The third-order valence-electron chi connectivity index (χ3n) is 4.28. The number of rotatable bonds is 6. The second kappa shape index (κ2) is 8.09. The molecule has 0 atom stereocenters. The summed E-state index contributed by atoms with van der Waals surface area (Å²) in [6.45, 7) is 0.905. The molecule has 0 aliphatic carbocycles. The van der Waals surface area contributed by atoms with Gasteiger partial charge < -0.3 is 19.5 Å². The van der Waals surface area contributed by atoms with E-state index in [9.17, 15) is 18.0 Å². The molecular formula is C19H19F3N4O4. The quantitative estimate of drug-likeness (QED) is 0.653. The summed E-state index contributed by atoms with van der Waals surface area (Å²) in [6, 6.07) is 5.56. The summed E-state index contributed by atoms with van der Waals surface area (Å²) < 4.78 is 57.2. The summed E-state index contributed by atoms with van der Waals surface area (Å²) in [5, 5.41) is 6.44. The first-order valence-electron chi connectivity index (χ1n) is 8.70. The molecule has 3 rings (SSSR count). The van der Waals surface area contributed by atoms with Gasteiger partial charge in [0.25, 0.3) is 5.91 Å². The molecule has 160 valence electrons. The molecule has 11 heteroatoms. The Morgan fingerprint density at radius 3 is 2.57 bits per heavy atom. The molecule has 1 aromatic carbocycles. The van der Waals surface area contributed by atoms with Crippen LogP contribution in [-0.4, -0.2) is 41.5 Å². The summed E-state index contributed by atoms with van der Waals surface area (Å²) in [4.78, 5) is 16.3. The van der Waals surface area contributed by atoms with Crippen LogP contribution in [0.5, 0.6) is 17.4 Å². The number of aryl methyl sites for hydroxylation is 2. The number of nitrogens with zero attached hydrogens (tertiary/aromatic N) is 3. The fourth-order valence-corrected chi connectivity index (χ4v) is 2.96. The van der Waals surface area contributed by atoms with Crippen molar-refractivity contribution in [2.75, 3.05) is 26.1 Å². The van der Waals surface area contributed by atoms with Crippen LogP contribution in [0.25, 0.3) is 11.0 Å². The van der Waals surface area contributed by atoms with Crippen LogP contribution in [0.2, 0.25) is 0 Å². The molecule has 8 nitrogen and oxygen atoms in total. The first-order valence-corrected chi connectivity index (χ1v) is 8.70. The highest BCUT2D eigenvalue weighted by Crippen LogP contribution is 2.37. The van der Waals surface area contributed by atoms with Gasteiger partial charge in [0.15, 0.2) is 12.3 Å². The maximum atomic E-state index is 13.5. The number of nitrogens with one attached hydrogen (secondary N) is 1. The van der Waals surface area contributed by atoms with Crippen molar-refractivity contribution < 1.29 is 32.2 Å². The van der Waals surface area contributed by atoms with Gasteiger partial charge in [-0.3, -0.25) is 9.48 Å². The van der Waals surface area contributed by atoms with E-state index in [4.69, 9.17) is 14.2 Å². The van der Waals surface area contributed by atoms with Gasteiger partial charge >= 0.3 is 6.18 Å². The highest BCUT2D eigenvalue weighted by molar-refractivity contribution is 5.93. The number of fused-ring (bicyclic) bond motifs is 1. The molecule has 30 heavy (non-hydrogen) atoms. The average Bonchev–Trinajstić information content (AvgIpc) is 2.98. The standard InChI is InChI=1S/C19H19F3N4O4/c1-10-17-12(19(20,21)22)8-16(24-18(17)26(2)25-10)30-9-15(27)23-13-7-11(28-3)5-6-14(13)29-4/h5-8H,9H2,1-4H3,(H,23,27). The lowest BCUT2D eigenvalue weighted by Crippen LogP contribution is -2.21. The Bertz CT molecular complexity index is 1100. The van der Waals surface area contributed by atoms with Crippen molar-refractivity contribution in [1.82, 2.24) is 14.8 Å². The van der Waals surface area contributed by atoms with Crippen LogP contribution in [0.3, 0.4) is 0 Å². The van der Waals surface area contributed by atoms with E-state index in [1.54, 1.807) is 18.2 Å². The Balaban J connectivity index is 1.82. The monoisotopic (exact) mass is 424 g/mol. The van der Waals surface area contributed by atoms with E-state index in [1.165, 1.54) is 32.9 Å². The summed E-state index contributed by atoms with van der Waals surface area (Å²) >= 11 is 0. The highest BCUT2D eigenvalue weighted by atomic mass is 19.4. The van der Waals surface area contributed by atoms with Crippen LogP contribution in [0.4, 0.5) is 18.9 Å². The molecule has 0 spiro atoms. The summed E-state index contributed by atoms with van der Waals surface area (Å²) in [5.41, 5.74) is -0.399. The molecule has 2 heterocycles. The van der Waals surface area contributed by atoms with Gasteiger partial charge in [0.1, 0.15) is 11.5 Å². The fourth-order valence-electron chi connectivity index (χ4n) is 2.96. The number of carbonyl (C=O) groups excluding carboxylic acids is 1. The number of methoxy groups -OCH3 is 2. The topological polar surface area (TPSA) is 87.5 Å². The minimum atomic E-state index is -4.64. The smallest absolute Gasteiger partial charge is 0.417 e. The van der Waals surface area contributed by atoms with Crippen molar-refractivity contribution in [3.05, 3.63) is 35.5 Å². The first kappa shape index (κ1) is 21.2. The van der Waals surface area contributed by atoms with E-state index in [1.807, 2.05) is 0 Å². The molecule has 0 saturated heterocycles. The van der Waals surface area contributed by atoms with Gasteiger partial charge in [-0.1, -0.05) is 0 Å². The van der Waals surface area contributed by atoms with Gasteiger partial charge in [-0.2, -0.15) is 23.3 Å². The number of amides is 1. The zero-order chi connectivity index (χ0) is 22.1. The molecule has 3 aromatic rings. The SMILES string of the molecule is COc1ccc(OC)c(NC(=O)COc2cc(C(F)(F)F)c3c(C)nn(C)c3n2)c1. The van der Waals surface area contributed by atoms with Crippen LogP contribution in [-0.2, 0) is 18.0 Å². The van der Waals surface area contributed by atoms with E-state index >= 15 is 0 Å².